The molecule has 3 fully saturated rings. The van der Waals surface area contributed by atoms with Crippen molar-refractivity contribution in [3.8, 4) is 0 Å². The number of anilines is 1. The van der Waals surface area contributed by atoms with Crippen molar-refractivity contribution < 1.29 is 14.4 Å². The zero-order valence-corrected chi connectivity index (χ0v) is 15.0. The summed E-state index contributed by atoms with van der Waals surface area (Å²) in [5, 5.41) is 2.78. The summed E-state index contributed by atoms with van der Waals surface area (Å²) in [4.78, 5) is 39.2. The molecule has 1 saturated heterocycles. The largest absolute Gasteiger partial charge is 0.324 e. The first-order valence-electron chi connectivity index (χ1n) is 8.40. The van der Waals surface area contributed by atoms with Crippen LogP contribution in [0.3, 0.4) is 0 Å². The van der Waals surface area contributed by atoms with Crippen LogP contribution in [0.1, 0.15) is 26.2 Å². The van der Waals surface area contributed by atoms with Crippen molar-refractivity contribution in [1.29, 1.82) is 0 Å². The van der Waals surface area contributed by atoms with E-state index in [1.807, 2.05) is 12.1 Å². The molecule has 1 aliphatic heterocycles. The van der Waals surface area contributed by atoms with Crippen molar-refractivity contribution in [2.24, 2.45) is 23.7 Å². The first kappa shape index (κ1) is 15.8. The maximum Gasteiger partial charge on any atom is 0.247 e. The molecular formula is C18H19BrN2O3. The lowest BCUT2D eigenvalue weighted by molar-refractivity contribution is -0.146. The van der Waals surface area contributed by atoms with E-state index in [9.17, 15) is 14.4 Å². The molecule has 5 atom stereocenters. The zero-order valence-electron chi connectivity index (χ0n) is 13.4. The molecule has 0 aromatic heterocycles. The predicted octanol–water partition coefficient (Wildman–Crippen LogP) is 2.81. The first-order chi connectivity index (χ1) is 11.5. The number of fused-ring (bicyclic) bond motifs is 5. The van der Waals surface area contributed by atoms with Gasteiger partial charge in [-0.15, -0.1) is 0 Å². The Morgan fingerprint density at radius 2 is 1.67 bits per heavy atom. The predicted molar refractivity (Wildman–Crippen MR) is 91.9 cm³/mol. The van der Waals surface area contributed by atoms with E-state index in [1.54, 1.807) is 19.1 Å². The van der Waals surface area contributed by atoms with Crippen molar-refractivity contribution in [3.05, 3.63) is 28.7 Å². The van der Waals surface area contributed by atoms with Crippen LogP contribution in [-0.4, -0.2) is 28.7 Å². The number of hydrogen-bond donors (Lipinski definition) is 1. The Morgan fingerprint density at radius 1 is 1.12 bits per heavy atom. The Balaban J connectivity index is 1.51. The van der Waals surface area contributed by atoms with Crippen LogP contribution in [0.5, 0.6) is 0 Å². The minimum absolute atomic E-state index is 0.143. The van der Waals surface area contributed by atoms with Gasteiger partial charge in [0.25, 0.3) is 0 Å². The van der Waals surface area contributed by atoms with Gasteiger partial charge in [0.1, 0.15) is 6.04 Å². The lowest BCUT2D eigenvalue weighted by atomic mass is 9.81. The van der Waals surface area contributed by atoms with Gasteiger partial charge in [-0.1, -0.05) is 15.9 Å². The van der Waals surface area contributed by atoms with Gasteiger partial charge in [-0.25, -0.2) is 0 Å². The summed E-state index contributed by atoms with van der Waals surface area (Å²) in [6.07, 6.45) is 3.08. The fourth-order valence-electron chi connectivity index (χ4n) is 4.71. The van der Waals surface area contributed by atoms with Gasteiger partial charge in [0.05, 0.1) is 11.8 Å². The third-order valence-electron chi connectivity index (χ3n) is 5.84. The molecule has 3 amide bonds. The summed E-state index contributed by atoms with van der Waals surface area (Å²) in [7, 11) is 0. The highest BCUT2D eigenvalue weighted by Crippen LogP contribution is 2.56. The molecule has 0 radical (unpaired) electrons. The Hall–Kier alpha value is -1.69. The minimum Gasteiger partial charge on any atom is -0.324 e. The van der Waals surface area contributed by atoms with Crippen LogP contribution in [0.15, 0.2) is 28.7 Å². The molecule has 4 rings (SSSR count). The monoisotopic (exact) mass is 390 g/mol. The van der Waals surface area contributed by atoms with Gasteiger partial charge in [0.2, 0.25) is 17.7 Å². The van der Waals surface area contributed by atoms with Gasteiger partial charge in [-0.2, -0.15) is 0 Å². The van der Waals surface area contributed by atoms with Crippen LogP contribution >= 0.6 is 15.9 Å². The number of likely N-dealkylation sites (tertiary alicyclic amines) is 1. The zero-order chi connectivity index (χ0) is 17.0. The average molecular weight is 391 g/mol. The van der Waals surface area contributed by atoms with Crippen molar-refractivity contribution >= 4 is 39.3 Å². The normalized spacial score (nSPS) is 32.2. The lowest BCUT2D eigenvalue weighted by Gasteiger charge is -2.23. The van der Waals surface area contributed by atoms with Crippen molar-refractivity contribution in [1.82, 2.24) is 4.90 Å². The molecule has 1 aromatic carbocycles. The number of nitrogens with zero attached hydrogens (tertiary/aromatic N) is 1. The van der Waals surface area contributed by atoms with E-state index in [-0.39, 0.29) is 29.6 Å². The second-order valence-electron chi connectivity index (χ2n) is 7.10. The fourth-order valence-corrected chi connectivity index (χ4v) is 4.98. The van der Waals surface area contributed by atoms with E-state index in [2.05, 4.69) is 21.2 Å². The van der Waals surface area contributed by atoms with E-state index < -0.39 is 6.04 Å². The van der Waals surface area contributed by atoms with Crippen LogP contribution in [0.25, 0.3) is 0 Å². The van der Waals surface area contributed by atoms with Crippen LogP contribution in [-0.2, 0) is 14.4 Å². The molecule has 1 N–H and O–H groups in total. The van der Waals surface area contributed by atoms with Crippen molar-refractivity contribution in [2.75, 3.05) is 5.32 Å². The van der Waals surface area contributed by atoms with Gasteiger partial charge in [0, 0.05) is 10.2 Å². The lowest BCUT2D eigenvalue weighted by Crippen LogP contribution is -2.46. The minimum atomic E-state index is -0.779. The van der Waals surface area contributed by atoms with E-state index in [1.165, 1.54) is 4.90 Å². The number of carbonyl (C=O) groups excluding carboxylic acids is 3. The van der Waals surface area contributed by atoms with Crippen LogP contribution in [0.4, 0.5) is 5.69 Å². The summed E-state index contributed by atoms with van der Waals surface area (Å²) in [5.41, 5.74) is 0.648. The molecule has 24 heavy (non-hydrogen) atoms. The number of hydrogen-bond acceptors (Lipinski definition) is 3. The number of rotatable bonds is 3. The van der Waals surface area contributed by atoms with Gasteiger partial charge in [0.15, 0.2) is 0 Å². The SMILES string of the molecule is C[C@@H](C(=O)Nc1ccc(Br)cc1)N1C(=O)[C@@H]2[C@@H]3CC[C@@H](C3)[C@@H]2C1=O. The van der Waals surface area contributed by atoms with Crippen LogP contribution in [0, 0.1) is 23.7 Å². The number of carbonyl (C=O) groups is 3. The van der Waals surface area contributed by atoms with Crippen LogP contribution in [0.2, 0.25) is 0 Å². The Bertz CT molecular complexity index is 689. The number of benzene rings is 1. The second-order valence-corrected chi connectivity index (χ2v) is 8.02. The first-order valence-corrected chi connectivity index (χ1v) is 9.20. The molecule has 0 unspecified atom stereocenters. The van der Waals surface area contributed by atoms with E-state index >= 15 is 0 Å². The molecule has 0 spiro atoms. The highest BCUT2D eigenvalue weighted by atomic mass is 79.9. The topological polar surface area (TPSA) is 66.5 Å². The fraction of sp³-hybridized carbons (Fsp3) is 0.500. The van der Waals surface area contributed by atoms with Crippen LogP contribution < -0.4 is 5.32 Å². The molecule has 1 aromatic rings. The Kier molecular flexibility index (Phi) is 3.75. The summed E-state index contributed by atoms with van der Waals surface area (Å²) < 4.78 is 0.918. The summed E-state index contributed by atoms with van der Waals surface area (Å²) in [5.74, 6) is -0.303. The Morgan fingerprint density at radius 3 is 2.21 bits per heavy atom. The molecule has 3 aliphatic rings. The highest BCUT2D eigenvalue weighted by molar-refractivity contribution is 9.10. The highest BCUT2D eigenvalue weighted by Gasteiger charge is 2.62. The van der Waals surface area contributed by atoms with E-state index in [4.69, 9.17) is 0 Å². The molecule has 2 saturated carbocycles. The number of halogens is 1. The number of imide groups is 1. The average Bonchev–Trinajstić information content (AvgIpc) is 3.23. The summed E-state index contributed by atoms with van der Waals surface area (Å²) >= 11 is 3.34. The van der Waals surface area contributed by atoms with Gasteiger partial charge in [-0.05, 0) is 62.3 Å². The van der Waals surface area contributed by atoms with Gasteiger partial charge in [-0.3, -0.25) is 19.3 Å². The third-order valence-corrected chi connectivity index (χ3v) is 6.37. The molecular weight excluding hydrogens is 372 g/mol. The smallest absolute Gasteiger partial charge is 0.247 e. The standard InChI is InChI=1S/C18H19BrN2O3/c1-9(16(22)20-13-6-4-12(19)5-7-13)21-17(23)14-10-2-3-11(8-10)15(14)18(21)24/h4-7,9-11,14-15H,2-3,8H2,1H3,(H,20,22)/t9-,10-,11+,14-,15+/m0/s1. The number of nitrogens with one attached hydrogen (secondary N) is 1. The molecule has 2 bridgehead atoms. The number of amides is 3. The summed E-state index contributed by atoms with van der Waals surface area (Å²) in [6, 6.07) is 6.43. The maximum atomic E-state index is 12.7. The molecule has 6 heteroatoms. The van der Waals surface area contributed by atoms with E-state index in [0.717, 1.165) is 23.7 Å². The quantitative estimate of drug-likeness (QED) is 0.806. The maximum absolute atomic E-state index is 12.7. The molecule has 1 heterocycles. The second kappa shape index (κ2) is 5.69. The van der Waals surface area contributed by atoms with E-state index in [0.29, 0.717) is 17.5 Å². The molecule has 126 valence electrons. The van der Waals surface area contributed by atoms with Crippen molar-refractivity contribution in [3.63, 3.8) is 0 Å². The Labute approximate surface area is 148 Å². The third kappa shape index (κ3) is 2.31. The molecule has 5 nitrogen and oxygen atoms in total. The summed E-state index contributed by atoms with van der Waals surface area (Å²) in [6.45, 7) is 1.63. The molecule has 2 aliphatic carbocycles. The van der Waals surface area contributed by atoms with Gasteiger partial charge < -0.3 is 5.32 Å². The van der Waals surface area contributed by atoms with Crippen molar-refractivity contribution in [2.45, 2.75) is 32.2 Å². The van der Waals surface area contributed by atoms with Gasteiger partial charge >= 0.3 is 0 Å².